The number of nitrogens with two attached hydrogens (primary N) is 1. The number of carbonyl (C=O) groups excluding carboxylic acids is 2. The predicted molar refractivity (Wildman–Crippen MR) is 165 cm³/mol. The van der Waals surface area contributed by atoms with Crippen molar-refractivity contribution in [2.75, 3.05) is 62.9 Å². The monoisotopic (exact) mass is 634 g/mol. The zero-order valence-corrected chi connectivity index (χ0v) is 25.5. The van der Waals surface area contributed by atoms with Crippen LogP contribution in [0, 0.1) is 18.7 Å². The lowest BCUT2D eigenvalue weighted by Gasteiger charge is -2.31. The Bertz CT molecular complexity index is 1780. The number of piperazine rings is 1. The average Bonchev–Trinajstić information content (AvgIpc) is 3.73. The number of esters is 1. The standard InChI is InChI=1S/C30H35FN10O5/c1-16-34-11-20(12-35-16)46-29-37-27-25(28(38-29)41-13-17-7-19(41)10-22(17)32)21-8-18(31)9-23(26(21)36-27)39(2)30(43)45-15-44-24(42)14-40-5-3-33-4-6-40/h8-9,11-12,17,19,22,33H,3-7,10,13-15,32H2,1-2H3,(H,36,37,38)/t17-,19-,22+/m1/s1. The van der Waals surface area contributed by atoms with Gasteiger partial charge in [-0.3, -0.25) is 14.6 Å². The van der Waals surface area contributed by atoms with Gasteiger partial charge in [0.15, 0.2) is 5.75 Å². The van der Waals surface area contributed by atoms with Crippen molar-refractivity contribution in [3.8, 4) is 11.8 Å². The number of benzene rings is 1. The van der Waals surface area contributed by atoms with Gasteiger partial charge in [0.1, 0.15) is 23.1 Å². The first-order chi connectivity index (χ1) is 22.2. The third-order valence-corrected chi connectivity index (χ3v) is 8.90. The van der Waals surface area contributed by atoms with Crippen LogP contribution in [0.15, 0.2) is 24.5 Å². The molecule has 4 N–H and O–H groups in total. The summed E-state index contributed by atoms with van der Waals surface area (Å²) in [5.74, 6) is 0.776. The lowest BCUT2D eigenvalue weighted by Crippen LogP contribution is -2.45. The molecule has 3 aromatic heterocycles. The molecule has 3 aliphatic rings. The number of amides is 1. The normalized spacial score (nSPS) is 21.2. The fourth-order valence-corrected chi connectivity index (χ4v) is 6.55. The van der Waals surface area contributed by atoms with E-state index in [1.54, 1.807) is 6.92 Å². The van der Waals surface area contributed by atoms with Crippen molar-refractivity contribution in [3.05, 3.63) is 36.2 Å². The van der Waals surface area contributed by atoms with E-state index in [-0.39, 0.29) is 30.3 Å². The van der Waals surface area contributed by atoms with Crippen LogP contribution in [0.5, 0.6) is 11.8 Å². The summed E-state index contributed by atoms with van der Waals surface area (Å²) in [6.45, 7) is 5.03. The van der Waals surface area contributed by atoms with Gasteiger partial charge in [0, 0.05) is 57.2 Å². The Morgan fingerprint density at radius 3 is 2.63 bits per heavy atom. The van der Waals surface area contributed by atoms with Gasteiger partial charge in [-0.25, -0.2) is 19.2 Å². The maximum absolute atomic E-state index is 15.2. The summed E-state index contributed by atoms with van der Waals surface area (Å²) in [6, 6.07) is 2.95. The molecular formula is C30H35FN10O5. The third kappa shape index (κ3) is 5.86. The number of hydrogen-bond acceptors (Lipinski definition) is 13. The number of anilines is 2. The van der Waals surface area contributed by atoms with Crippen LogP contribution in [0.4, 0.5) is 20.7 Å². The first-order valence-electron chi connectivity index (χ1n) is 15.2. The molecule has 3 atom stereocenters. The van der Waals surface area contributed by atoms with Crippen LogP contribution in [-0.4, -0.2) is 107 Å². The lowest BCUT2D eigenvalue weighted by atomic mass is 10.0. The minimum Gasteiger partial charge on any atom is -0.427 e. The number of nitrogens with zero attached hydrogens (tertiary/aromatic N) is 7. The number of piperidine rings is 1. The minimum absolute atomic E-state index is 0.0611. The summed E-state index contributed by atoms with van der Waals surface area (Å²) in [5.41, 5.74) is 7.39. The van der Waals surface area contributed by atoms with Gasteiger partial charge in [0.05, 0.1) is 35.5 Å². The molecule has 7 rings (SSSR count). The number of ether oxygens (including phenoxy) is 3. The summed E-state index contributed by atoms with van der Waals surface area (Å²) < 4.78 is 31.5. The molecular weight excluding hydrogens is 599 g/mol. The smallest absolute Gasteiger partial charge is 0.416 e. The van der Waals surface area contributed by atoms with Crippen LogP contribution in [-0.2, 0) is 14.3 Å². The molecule has 0 unspecified atom stereocenters. The first kappa shape index (κ1) is 30.0. The molecule has 16 heteroatoms. The topological polar surface area (TPSA) is 177 Å². The molecule has 3 fully saturated rings. The van der Waals surface area contributed by atoms with Gasteiger partial charge in [0.25, 0.3) is 0 Å². The summed E-state index contributed by atoms with van der Waals surface area (Å²) >= 11 is 0. The van der Waals surface area contributed by atoms with Gasteiger partial charge in [-0.2, -0.15) is 9.97 Å². The van der Waals surface area contributed by atoms with E-state index in [1.807, 2.05) is 4.90 Å². The Labute approximate surface area is 263 Å². The van der Waals surface area contributed by atoms with Crippen molar-refractivity contribution in [2.24, 2.45) is 11.7 Å². The highest BCUT2D eigenvalue weighted by Gasteiger charge is 2.44. The highest BCUT2D eigenvalue weighted by atomic mass is 19.1. The molecule has 1 amide bonds. The second-order valence-corrected chi connectivity index (χ2v) is 11.9. The van der Waals surface area contributed by atoms with Gasteiger partial charge < -0.3 is 35.1 Å². The maximum Gasteiger partial charge on any atom is 0.416 e. The SMILES string of the molecule is Cc1ncc(Oc2nc(N3C[C@H]4C[C@@H]3C[C@@H]4N)c3c(n2)[nH]c2c(N(C)C(=O)OCOC(=O)CN4CCNCC4)cc(F)cc23)cn1. The Hall–Kier alpha value is -4.67. The van der Waals surface area contributed by atoms with E-state index in [2.05, 4.69) is 30.2 Å². The van der Waals surface area contributed by atoms with Crippen LogP contribution in [0.2, 0.25) is 0 Å². The molecule has 5 heterocycles. The molecule has 4 aromatic rings. The lowest BCUT2D eigenvalue weighted by molar-refractivity contribution is -0.153. The van der Waals surface area contributed by atoms with E-state index in [4.69, 9.17) is 24.9 Å². The Balaban J connectivity index is 1.18. The van der Waals surface area contributed by atoms with Gasteiger partial charge in [-0.15, -0.1) is 0 Å². The summed E-state index contributed by atoms with van der Waals surface area (Å²) in [4.78, 5) is 51.6. The summed E-state index contributed by atoms with van der Waals surface area (Å²) in [6.07, 6.45) is 3.99. The maximum atomic E-state index is 15.2. The number of rotatable bonds is 8. The largest absolute Gasteiger partial charge is 0.427 e. The van der Waals surface area contributed by atoms with E-state index in [0.717, 1.165) is 43.9 Å². The number of H-pyrrole nitrogens is 1. The highest BCUT2D eigenvalue weighted by molar-refractivity contribution is 6.16. The fourth-order valence-electron chi connectivity index (χ4n) is 6.55. The van der Waals surface area contributed by atoms with E-state index in [9.17, 15) is 9.59 Å². The molecule has 2 bridgehead atoms. The molecule has 1 aliphatic carbocycles. The molecule has 1 saturated carbocycles. The van der Waals surface area contributed by atoms with E-state index >= 15 is 4.39 Å². The second-order valence-electron chi connectivity index (χ2n) is 11.9. The van der Waals surface area contributed by atoms with Crippen molar-refractivity contribution in [3.63, 3.8) is 0 Å². The van der Waals surface area contributed by atoms with Crippen LogP contribution < -0.4 is 25.6 Å². The molecule has 46 heavy (non-hydrogen) atoms. The zero-order valence-electron chi connectivity index (χ0n) is 25.5. The highest BCUT2D eigenvalue weighted by Crippen LogP contribution is 2.44. The van der Waals surface area contributed by atoms with Crippen LogP contribution >= 0.6 is 0 Å². The van der Waals surface area contributed by atoms with Gasteiger partial charge in [-0.05, 0) is 37.8 Å². The average molecular weight is 635 g/mol. The molecule has 0 radical (unpaired) electrons. The quantitative estimate of drug-likeness (QED) is 0.190. The van der Waals surface area contributed by atoms with Crippen molar-refractivity contribution >= 4 is 45.5 Å². The molecule has 1 aromatic carbocycles. The van der Waals surface area contributed by atoms with Crippen molar-refractivity contribution in [1.82, 2.24) is 35.1 Å². The number of aromatic amines is 1. The molecule has 0 spiro atoms. The number of hydrogen-bond donors (Lipinski definition) is 3. The molecule has 15 nitrogen and oxygen atoms in total. The zero-order chi connectivity index (χ0) is 31.9. The van der Waals surface area contributed by atoms with Crippen LogP contribution in [0.3, 0.4) is 0 Å². The van der Waals surface area contributed by atoms with E-state index in [1.165, 1.54) is 31.6 Å². The van der Waals surface area contributed by atoms with E-state index < -0.39 is 24.7 Å². The number of aryl methyl sites for hydroxylation is 1. The number of carbonyl (C=O) groups is 2. The van der Waals surface area contributed by atoms with Gasteiger partial charge in [0.2, 0.25) is 6.79 Å². The molecule has 242 valence electrons. The number of nitrogens with one attached hydrogen (secondary N) is 2. The van der Waals surface area contributed by atoms with Gasteiger partial charge in [-0.1, -0.05) is 0 Å². The Morgan fingerprint density at radius 2 is 1.91 bits per heavy atom. The van der Waals surface area contributed by atoms with Crippen molar-refractivity contribution < 1.29 is 28.2 Å². The third-order valence-electron chi connectivity index (χ3n) is 8.90. The van der Waals surface area contributed by atoms with Crippen LogP contribution in [0.1, 0.15) is 18.7 Å². The molecule has 2 saturated heterocycles. The summed E-state index contributed by atoms with van der Waals surface area (Å²) in [7, 11) is 1.45. The minimum atomic E-state index is -0.832. The number of aromatic nitrogens is 5. The summed E-state index contributed by atoms with van der Waals surface area (Å²) in [5, 5.41) is 4.29. The van der Waals surface area contributed by atoms with Crippen molar-refractivity contribution in [1.29, 1.82) is 0 Å². The van der Waals surface area contributed by atoms with Gasteiger partial charge >= 0.3 is 18.1 Å². The number of halogens is 1. The Kier molecular flexibility index (Phi) is 8.00. The number of fused-ring (bicyclic) bond motifs is 5. The van der Waals surface area contributed by atoms with Crippen molar-refractivity contribution in [2.45, 2.75) is 31.8 Å². The second kappa shape index (κ2) is 12.3. The molecule has 2 aliphatic heterocycles. The van der Waals surface area contributed by atoms with Crippen LogP contribution in [0.25, 0.3) is 21.9 Å². The fraction of sp³-hybridized carbons (Fsp3) is 0.467. The van der Waals surface area contributed by atoms with E-state index in [0.29, 0.717) is 51.8 Å². The Morgan fingerprint density at radius 1 is 1.13 bits per heavy atom. The first-order valence-corrected chi connectivity index (χ1v) is 15.2. The predicted octanol–water partition coefficient (Wildman–Crippen LogP) is 2.05.